The van der Waals surface area contributed by atoms with Crippen LogP contribution < -0.4 is 0 Å². The average Bonchev–Trinajstić information content (AvgIpc) is 3.79. The van der Waals surface area contributed by atoms with Gasteiger partial charge in [-0.05, 0) is 125 Å². The van der Waals surface area contributed by atoms with E-state index in [9.17, 15) is 56.2 Å². The first-order valence-corrected chi connectivity index (χ1v) is 24.6. The van der Waals surface area contributed by atoms with Gasteiger partial charge in [-0.25, -0.2) is 0 Å². The first-order chi connectivity index (χ1) is 30.6. The summed E-state index contributed by atoms with van der Waals surface area (Å²) in [5.74, 6) is 0.171. The van der Waals surface area contributed by atoms with Gasteiger partial charge in [0.25, 0.3) is 0 Å². The molecule has 0 spiro atoms. The molecular weight excluding hydrogens is 865 g/mol. The summed E-state index contributed by atoms with van der Waals surface area (Å²) in [6.07, 6.45) is -19.2. The third kappa shape index (κ3) is 8.08. The molecule has 27 atom stereocenters. The fourth-order valence-electron chi connectivity index (χ4n) is 15.6. The van der Waals surface area contributed by atoms with E-state index in [1.54, 1.807) is 13.8 Å². The highest BCUT2D eigenvalue weighted by Gasteiger charge is 2.73. The van der Waals surface area contributed by atoms with Crippen molar-refractivity contribution in [3.63, 3.8) is 0 Å². The number of rotatable bonds is 9. The van der Waals surface area contributed by atoms with Gasteiger partial charge in [0.1, 0.15) is 67.1 Å². The van der Waals surface area contributed by atoms with Gasteiger partial charge >= 0.3 is 0 Å². The molecule has 0 bridgehead atoms. The molecule has 8 aliphatic rings. The van der Waals surface area contributed by atoms with Crippen LogP contribution in [-0.2, 0) is 33.2 Å². The molecule has 3 unspecified atom stereocenters. The van der Waals surface area contributed by atoms with Crippen LogP contribution in [-0.4, -0.2) is 191 Å². The number of ether oxygens (including phenoxy) is 7. The van der Waals surface area contributed by atoms with Gasteiger partial charge in [0.15, 0.2) is 18.9 Å². The van der Waals surface area contributed by atoms with Crippen LogP contribution >= 0.6 is 0 Å². The minimum absolute atomic E-state index is 0.00669. The maximum absolute atomic E-state index is 12.5. The Morgan fingerprint density at radius 3 is 1.70 bits per heavy atom. The van der Waals surface area contributed by atoms with Gasteiger partial charge < -0.3 is 89.3 Å². The van der Waals surface area contributed by atoms with Gasteiger partial charge in [0.05, 0.1) is 48.3 Å². The highest BCUT2D eigenvalue weighted by Crippen LogP contribution is 2.76. The number of fused-ring (bicyclic) bond motifs is 5. The summed E-state index contributed by atoms with van der Waals surface area (Å²) in [4.78, 5) is 0. The molecule has 18 heteroatoms. The van der Waals surface area contributed by atoms with Gasteiger partial charge in [-0.1, -0.05) is 34.6 Å². The summed E-state index contributed by atoms with van der Waals surface area (Å²) in [6, 6.07) is 0. The molecule has 0 amide bonds. The van der Waals surface area contributed by atoms with Crippen LogP contribution in [0.25, 0.3) is 0 Å². The normalized spacial score (nSPS) is 57.5. The monoisotopic (exact) mass is 947 g/mol. The van der Waals surface area contributed by atoms with E-state index in [4.69, 9.17) is 33.2 Å². The number of aliphatic hydroxyl groups excluding tert-OH is 10. The van der Waals surface area contributed by atoms with Crippen molar-refractivity contribution in [3.05, 3.63) is 0 Å². The summed E-state index contributed by atoms with van der Waals surface area (Å²) in [6.45, 7) is 19.1. The largest absolute Gasteiger partial charge is 0.394 e. The van der Waals surface area contributed by atoms with Crippen LogP contribution in [0.5, 0.6) is 0 Å². The second-order valence-electron chi connectivity index (χ2n) is 24.0. The molecule has 8 fully saturated rings. The molecule has 4 saturated heterocycles. The van der Waals surface area contributed by atoms with E-state index in [1.165, 1.54) is 13.8 Å². The van der Waals surface area contributed by atoms with E-state index in [2.05, 4.69) is 34.6 Å². The third-order valence-electron chi connectivity index (χ3n) is 19.5. The minimum Gasteiger partial charge on any atom is -0.394 e. The Labute approximate surface area is 388 Å². The Kier molecular flexibility index (Phi) is 13.9. The summed E-state index contributed by atoms with van der Waals surface area (Å²) in [5.41, 5.74) is -3.08. The Hall–Kier alpha value is -0.720. The van der Waals surface area contributed by atoms with Crippen molar-refractivity contribution in [1.29, 1.82) is 0 Å². The fourth-order valence-corrected chi connectivity index (χ4v) is 15.6. The van der Waals surface area contributed by atoms with Crippen LogP contribution in [0.2, 0.25) is 0 Å². The highest BCUT2D eigenvalue weighted by molar-refractivity contribution is 5.21. The van der Waals surface area contributed by atoms with E-state index in [1.807, 2.05) is 6.92 Å². The zero-order valence-corrected chi connectivity index (χ0v) is 40.4. The molecule has 0 aromatic rings. The Morgan fingerprint density at radius 2 is 1.15 bits per heavy atom. The molecule has 382 valence electrons. The van der Waals surface area contributed by atoms with E-state index in [0.29, 0.717) is 19.3 Å². The summed E-state index contributed by atoms with van der Waals surface area (Å²) in [7, 11) is 0. The second-order valence-corrected chi connectivity index (χ2v) is 24.0. The molecule has 8 rings (SSSR count). The lowest BCUT2D eigenvalue weighted by molar-refractivity contribution is -0.397. The lowest BCUT2D eigenvalue weighted by atomic mass is 9.35. The first kappa shape index (κ1) is 51.6. The number of hydrogen-bond donors (Lipinski definition) is 11. The molecule has 4 aliphatic heterocycles. The maximum atomic E-state index is 12.5. The standard InChI is InChI=1S/C48H82O18/c1-20-30(52)33(55)35(57)40(60-20)64-37-32(54)25(19-49)62-42(38(37)65-41-36(58)34(56)31(53)21(2)61-41)63-28-13-14-45(7)26(43(28,3)4)12-16-46(8)27(45)17-23(50)29-22(11-15-47(29,46)9)48(10)18-24(51)39(66-48)44(5,6)59/h20-42,49-59H,11-19H2,1-10H3/t20-,21?,22-,23+,24-,25+,26-,27+,28-,29-,30-,31?,32+,33+,34+,35+,36+,37-,38+,39-,40-,41?,42-,45-,46+,47+,48-/m0/s1. The lowest BCUT2D eigenvalue weighted by Crippen LogP contribution is -2.68. The number of aliphatic hydroxyl groups is 11. The SMILES string of the molecule is CC1OC(O[C@H]2[C@H](O[C@H]3CC[C@]4(C)[C@H]5C[C@@H](O)[C@@H]6[C@@H]([C@]7(C)C[C@H](O)[C@@H](C(C)(C)O)O7)CC[C@@]6(C)[C@]5(C)CC[C@H]4C3(C)C)O[C@H](CO)[C@@H](O)[C@@H]2O[C@@H]2O[C@@H](C)[C@H](O)[C@@H](O)[C@H]2O)[C@H](O)[C@H](O)C1O. The molecule has 0 aromatic carbocycles. The fraction of sp³-hybridized carbons (Fsp3) is 1.00. The molecule has 0 aromatic heterocycles. The van der Waals surface area contributed by atoms with E-state index < -0.39 is 140 Å². The van der Waals surface area contributed by atoms with Crippen molar-refractivity contribution in [2.24, 2.45) is 45.3 Å². The van der Waals surface area contributed by atoms with Crippen LogP contribution in [0.3, 0.4) is 0 Å². The van der Waals surface area contributed by atoms with Gasteiger partial charge in [-0.3, -0.25) is 0 Å². The van der Waals surface area contributed by atoms with Crippen molar-refractivity contribution >= 4 is 0 Å². The predicted octanol–water partition coefficient (Wildman–Crippen LogP) is 0.210. The Bertz CT molecular complexity index is 1720. The Morgan fingerprint density at radius 1 is 0.591 bits per heavy atom. The van der Waals surface area contributed by atoms with Gasteiger partial charge in [-0.2, -0.15) is 0 Å². The number of hydrogen-bond acceptors (Lipinski definition) is 18. The molecule has 4 saturated carbocycles. The smallest absolute Gasteiger partial charge is 0.187 e. The van der Waals surface area contributed by atoms with Crippen molar-refractivity contribution in [1.82, 2.24) is 0 Å². The molecule has 18 nitrogen and oxygen atoms in total. The average molecular weight is 947 g/mol. The maximum Gasteiger partial charge on any atom is 0.187 e. The molecule has 11 N–H and O–H groups in total. The van der Waals surface area contributed by atoms with Gasteiger partial charge in [-0.15, -0.1) is 0 Å². The van der Waals surface area contributed by atoms with Crippen LogP contribution in [0.15, 0.2) is 0 Å². The van der Waals surface area contributed by atoms with Crippen LogP contribution in [0.1, 0.15) is 121 Å². The van der Waals surface area contributed by atoms with E-state index >= 15 is 0 Å². The van der Waals surface area contributed by atoms with Crippen LogP contribution in [0, 0.1) is 45.3 Å². The predicted molar refractivity (Wildman–Crippen MR) is 232 cm³/mol. The third-order valence-corrected chi connectivity index (χ3v) is 19.5. The van der Waals surface area contributed by atoms with Crippen molar-refractivity contribution < 1.29 is 89.3 Å². The van der Waals surface area contributed by atoms with E-state index in [-0.39, 0.29) is 39.9 Å². The lowest BCUT2D eigenvalue weighted by Gasteiger charge is -2.71. The van der Waals surface area contributed by atoms with Crippen molar-refractivity contribution in [2.45, 2.75) is 248 Å². The minimum atomic E-state index is -1.77. The molecule has 66 heavy (non-hydrogen) atoms. The van der Waals surface area contributed by atoms with Crippen molar-refractivity contribution in [3.8, 4) is 0 Å². The second kappa shape index (κ2) is 17.8. The zero-order chi connectivity index (χ0) is 48.6. The zero-order valence-electron chi connectivity index (χ0n) is 40.4. The Balaban J connectivity index is 1.06. The topological polar surface area (TPSA) is 287 Å². The molecule has 4 heterocycles. The van der Waals surface area contributed by atoms with Crippen LogP contribution in [0.4, 0.5) is 0 Å². The van der Waals surface area contributed by atoms with Crippen molar-refractivity contribution in [2.75, 3.05) is 6.61 Å². The molecular formula is C48H82O18. The van der Waals surface area contributed by atoms with Gasteiger partial charge in [0, 0.05) is 6.42 Å². The highest BCUT2D eigenvalue weighted by atomic mass is 16.8. The summed E-state index contributed by atoms with van der Waals surface area (Å²) in [5, 5.41) is 121. The first-order valence-electron chi connectivity index (χ1n) is 24.6. The summed E-state index contributed by atoms with van der Waals surface area (Å²) >= 11 is 0. The van der Waals surface area contributed by atoms with Gasteiger partial charge in [0.2, 0.25) is 0 Å². The van der Waals surface area contributed by atoms with E-state index in [0.717, 1.165) is 32.1 Å². The molecule has 0 radical (unpaired) electrons. The summed E-state index contributed by atoms with van der Waals surface area (Å²) < 4.78 is 44.1. The quantitative estimate of drug-likeness (QED) is 0.138. The molecule has 4 aliphatic carbocycles.